The molecule has 0 bridgehead atoms. The van der Waals surface area contributed by atoms with E-state index in [0.717, 1.165) is 0 Å². The molecule has 0 aliphatic heterocycles. The van der Waals surface area contributed by atoms with Gasteiger partial charge in [-0.25, -0.2) is 13.6 Å². The number of nitrogens with one attached hydrogen (secondary N) is 2. The fraction of sp³-hybridized carbons (Fsp3) is 0.176. The summed E-state index contributed by atoms with van der Waals surface area (Å²) < 4.78 is 32.9. The van der Waals surface area contributed by atoms with Crippen molar-refractivity contribution in [1.29, 1.82) is 0 Å². The molecular formula is C17H19N3O5S2. The van der Waals surface area contributed by atoms with E-state index in [0.29, 0.717) is 30.2 Å². The fourth-order valence-corrected chi connectivity index (χ4v) is 2.80. The summed E-state index contributed by atoms with van der Waals surface area (Å²) in [4.78, 5) is 12.4. The monoisotopic (exact) mass is 409 g/mol. The average molecular weight is 409 g/mol. The van der Waals surface area contributed by atoms with E-state index in [4.69, 9.17) is 26.8 Å². The van der Waals surface area contributed by atoms with Gasteiger partial charge in [-0.3, -0.25) is 10.1 Å². The summed E-state index contributed by atoms with van der Waals surface area (Å²) in [6.45, 7) is 0.699. The average Bonchev–Trinajstić information content (AvgIpc) is 2.62. The standard InChI is InChI=1S/C17H19N3O5S2/c1-24-10-11-25-15-5-3-2-4-14(15)16(21)20-17(26)19-12-6-8-13(9-7-12)27(18,22)23/h2-9H,10-11H2,1H3,(H2,18,22,23)(H2,19,20,21,26). The van der Waals surface area contributed by atoms with Gasteiger partial charge >= 0.3 is 0 Å². The van der Waals surface area contributed by atoms with Crippen LogP contribution in [-0.4, -0.2) is 39.8 Å². The minimum Gasteiger partial charge on any atom is -0.490 e. The Bertz CT molecular complexity index is 914. The summed E-state index contributed by atoms with van der Waals surface area (Å²) >= 11 is 5.12. The first-order chi connectivity index (χ1) is 12.8. The van der Waals surface area contributed by atoms with Gasteiger partial charge in [0.1, 0.15) is 12.4 Å². The summed E-state index contributed by atoms with van der Waals surface area (Å²) in [5.74, 6) is -0.0333. The van der Waals surface area contributed by atoms with Crippen LogP contribution in [0, 0.1) is 0 Å². The van der Waals surface area contributed by atoms with Crippen LogP contribution in [0.3, 0.4) is 0 Å². The Morgan fingerprint density at radius 2 is 1.78 bits per heavy atom. The van der Waals surface area contributed by atoms with Crippen molar-refractivity contribution < 1.29 is 22.7 Å². The zero-order chi connectivity index (χ0) is 19.9. The van der Waals surface area contributed by atoms with Crippen molar-refractivity contribution in [3.05, 3.63) is 54.1 Å². The number of carbonyl (C=O) groups excluding carboxylic acids is 1. The van der Waals surface area contributed by atoms with Crippen molar-refractivity contribution >= 4 is 38.9 Å². The normalized spacial score (nSPS) is 10.9. The number of thiocarbonyl (C=S) groups is 1. The lowest BCUT2D eigenvalue weighted by molar-refractivity contribution is 0.0970. The molecule has 0 unspecified atom stereocenters. The van der Waals surface area contributed by atoms with Crippen molar-refractivity contribution in [2.75, 3.05) is 25.6 Å². The number of ether oxygens (including phenoxy) is 2. The van der Waals surface area contributed by atoms with Crippen LogP contribution in [0.4, 0.5) is 5.69 Å². The van der Waals surface area contributed by atoms with Crippen LogP contribution in [-0.2, 0) is 14.8 Å². The molecular weight excluding hydrogens is 390 g/mol. The minimum atomic E-state index is -3.77. The highest BCUT2D eigenvalue weighted by molar-refractivity contribution is 7.89. The van der Waals surface area contributed by atoms with Crippen molar-refractivity contribution in [2.24, 2.45) is 5.14 Å². The van der Waals surface area contributed by atoms with Crippen molar-refractivity contribution in [3.8, 4) is 5.75 Å². The van der Waals surface area contributed by atoms with Crippen molar-refractivity contribution in [2.45, 2.75) is 4.90 Å². The molecule has 0 aliphatic rings. The number of amides is 1. The van der Waals surface area contributed by atoms with Gasteiger partial charge in [0, 0.05) is 12.8 Å². The van der Waals surface area contributed by atoms with Crippen molar-refractivity contribution in [3.63, 3.8) is 0 Å². The van der Waals surface area contributed by atoms with E-state index in [9.17, 15) is 13.2 Å². The van der Waals surface area contributed by atoms with Crippen LogP contribution in [0.25, 0.3) is 0 Å². The van der Waals surface area contributed by atoms with E-state index >= 15 is 0 Å². The van der Waals surface area contributed by atoms with Crippen LogP contribution in [0.2, 0.25) is 0 Å². The number of nitrogens with two attached hydrogens (primary N) is 1. The zero-order valence-corrected chi connectivity index (χ0v) is 16.1. The molecule has 0 aliphatic carbocycles. The molecule has 0 heterocycles. The van der Waals surface area contributed by atoms with E-state index in [-0.39, 0.29) is 10.0 Å². The molecule has 2 aromatic carbocycles. The Balaban J connectivity index is 2.00. The lowest BCUT2D eigenvalue weighted by Crippen LogP contribution is -2.34. The largest absolute Gasteiger partial charge is 0.490 e. The highest BCUT2D eigenvalue weighted by Crippen LogP contribution is 2.18. The number of anilines is 1. The van der Waals surface area contributed by atoms with Gasteiger partial charge in [0.25, 0.3) is 5.91 Å². The molecule has 0 atom stereocenters. The molecule has 144 valence electrons. The Morgan fingerprint density at radius 1 is 1.11 bits per heavy atom. The van der Waals surface area contributed by atoms with Crippen LogP contribution < -0.4 is 20.5 Å². The summed E-state index contributed by atoms with van der Waals surface area (Å²) in [6, 6.07) is 12.4. The zero-order valence-electron chi connectivity index (χ0n) is 14.5. The predicted molar refractivity (Wildman–Crippen MR) is 105 cm³/mol. The van der Waals surface area contributed by atoms with Gasteiger partial charge in [0.15, 0.2) is 5.11 Å². The third-order valence-corrected chi connectivity index (χ3v) is 4.48. The molecule has 8 nitrogen and oxygen atoms in total. The second kappa shape index (κ2) is 9.42. The van der Waals surface area contributed by atoms with Crippen LogP contribution in [0.15, 0.2) is 53.4 Å². The summed E-state index contributed by atoms with van der Waals surface area (Å²) in [5.41, 5.74) is 0.819. The van der Waals surface area contributed by atoms with Gasteiger partial charge in [-0.15, -0.1) is 0 Å². The number of methoxy groups -OCH3 is 1. The first-order valence-electron chi connectivity index (χ1n) is 7.77. The maximum Gasteiger partial charge on any atom is 0.261 e. The second-order valence-electron chi connectivity index (χ2n) is 5.32. The molecule has 0 radical (unpaired) electrons. The van der Waals surface area contributed by atoms with Gasteiger partial charge in [0.05, 0.1) is 17.1 Å². The summed E-state index contributed by atoms with van der Waals surface area (Å²) in [7, 11) is -2.21. The van der Waals surface area contributed by atoms with Crippen LogP contribution in [0.5, 0.6) is 5.75 Å². The van der Waals surface area contributed by atoms with E-state index in [2.05, 4.69) is 10.6 Å². The molecule has 10 heteroatoms. The summed E-state index contributed by atoms with van der Waals surface area (Å²) in [6.07, 6.45) is 0. The highest BCUT2D eigenvalue weighted by Gasteiger charge is 2.14. The third kappa shape index (κ3) is 6.29. The molecule has 1 amide bonds. The van der Waals surface area contributed by atoms with Gasteiger partial charge in [0.2, 0.25) is 10.0 Å². The molecule has 4 N–H and O–H groups in total. The van der Waals surface area contributed by atoms with E-state index < -0.39 is 15.9 Å². The summed E-state index contributed by atoms with van der Waals surface area (Å²) in [5, 5.41) is 10.4. The lowest BCUT2D eigenvalue weighted by Gasteiger charge is -2.13. The number of hydrogen-bond donors (Lipinski definition) is 3. The van der Waals surface area contributed by atoms with E-state index in [1.807, 2.05) is 0 Å². The Hall–Kier alpha value is -2.53. The number of para-hydroxylation sites is 1. The smallest absolute Gasteiger partial charge is 0.261 e. The van der Waals surface area contributed by atoms with Crippen LogP contribution in [0.1, 0.15) is 10.4 Å². The molecule has 2 rings (SSSR count). The number of sulfonamides is 1. The first kappa shape index (κ1) is 20.8. The lowest BCUT2D eigenvalue weighted by atomic mass is 10.2. The highest BCUT2D eigenvalue weighted by atomic mass is 32.2. The Labute approximate surface area is 162 Å². The molecule has 0 saturated carbocycles. The van der Waals surface area contributed by atoms with E-state index in [1.165, 1.54) is 24.3 Å². The molecule has 2 aromatic rings. The SMILES string of the molecule is COCCOc1ccccc1C(=O)NC(=S)Nc1ccc(S(N)(=O)=O)cc1. The molecule has 0 spiro atoms. The second-order valence-corrected chi connectivity index (χ2v) is 7.28. The number of benzene rings is 2. The van der Waals surface area contributed by atoms with Crippen molar-refractivity contribution in [1.82, 2.24) is 5.32 Å². The number of primary sulfonamides is 1. The Kier molecular flexibility index (Phi) is 7.25. The molecule has 27 heavy (non-hydrogen) atoms. The number of hydrogen-bond acceptors (Lipinski definition) is 6. The maximum absolute atomic E-state index is 12.4. The topological polar surface area (TPSA) is 120 Å². The predicted octanol–water partition coefficient (Wildman–Crippen LogP) is 1.49. The Morgan fingerprint density at radius 3 is 2.41 bits per heavy atom. The quantitative estimate of drug-likeness (QED) is 0.468. The molecule has 0 aromatic heterocycles. The minimum absolute atomic E-state index is 0.0230. The maximum atomic E-state index is 12.4. The van der Waals surface area contributed by atoms with Crippen LogP contribution >= 0.6 is 12.2 Å². The molecule has 0 fully saturated rings. The van der Waals surface area contributed by atoms with Gasteiger partial charge in [-0.2, -0.15) is 0 Å². The number of carbonyl (C=O) groups is 1. The van der Waals surface area contributed by atoms with Gasteiger partial charge in [-0.05, 0) is 48.6 Å². The first-order valence-corrected chi connectivity index (χ1v) is 9.72. The third-order valence-electron chi connectivity index (χ3n) is 3.34. The molecule has 0 saturated heterocycles. The van der Waals surface area contributed by atoms with E-state index in [1.54, 1.807) is 31.4 Å². The van der Waals surface area contributed by atoms with Gasteiger partial charge < -0.3 is 14.8 Å². The number of rotatable bonds is 7. The fourth-order valence-electron chi connectivity index (χ4n) is 2.08. The van der Waals surface area contributed by atoms with Gasteiger partial charge in [-0.1, -0.05) is 12.1 Å².